The predicted molar refractivity (Wildman–Crippen MR) is 75.7 cm³/mol. The summed E-state index contributed by atoms with van der Waals surface area (Å²) in [5.41, 5.74) is 0. The van der Waals surface area contributed by atoms with Crippen molar-refractivity contribution in [2.24, 2.45) is 5.92 Å². The van der Waals surface area contributed by atoms with Gasteiger partial charge < -0.3 is 18.2 Å². The zero-order valence-electron chi connectivity index (χ0n) is 12.4. The molecule has 4 nitrogen and oxygen atoms in total. The molecule has 108 valence electrons. The molecule has 0 aromatic carbocycles. The van der Waals surface area contributed by atoms with Gasteiger partial charge in [0.15, 0.2) is 0 Å². The molecule has 0 bridgehead atoms. The van der Waals surface area contributed by atoms with E-state index in [-0.39, 0.29) is 0 Å². The lowest BCUT2D eigenvalue weighted by atomic mass is 9.96. The van der Waals surface area contributed by atoms with Gasteiger partial charge in [-0.15, -0.1) is 0 Å². The second-order valence-corrected chi connectivity index (χ2v) is 8.21. The predicted octanol–water partition coefficient (Wildman–Crippen LogP) is 2.38. The van der Waals surface area contributed by atoms with Crippen LogP contribution in [0.15, 0.2) is 0 Å². The molecule has 0 spiro atoms. The standard InChI is InChI=1S/C13H29NO3Si/c1-5-13-8-6-9-14(12-13)10-7-11-18(15-2,16-3)17-4/h13H,5-12H2,1-4H3. The lowest BCUT2D eigenvalue weighted by Crippen LogP contribution is -2.44. The van der Waals surface area contributed by atoms with Crippen molar-refractivity contribution in [2.45, 2.75) is 38.7 Å². The zero-order valence-corrected chi connectivity index (χ0v) is 13.4. The van der Waals surface area contributed by atoms with Crippen molar-refractivity contribution < 1.29 is 13.3 Å². The molecule has 1 aliphatic rings. The molecule has 0 amide bonds. The van der Waals surface area contributed by atoms with Gasteiger partial charge in [0.2, 0.25) is 0 Å². The van der Waals surface area contributed by atoms with Crippen LogP contribution in [0.2, 0.25) is 6.04 Å². The Labute approximate surface area is 113 Å². The maximum atomic E-state index is 5.44. The van der Waals surface area contributed by atoms with Crippen LogP contribution in [-0.4, -0.2) is 54.7 Å². The summed E-state index contributed by atoms with van der Waals surface area (Å²) in [5, 5.41) is 0. The molecule has 1 heterocycles. The SMILES string of the molecule is CCC1CCCN(CCC[Si](OC)(OC)OC)C1. The summed E-state index contributed by atoms with van der Waals surface area (Å²) in [6, 6.07) is 0.907. The fourth-order valence-corrected chi connectivity index (χ4v) is 4.47. The number of rotatable bonds is 8. The van der Waals surface area contributed by atoms with E-state index in [1.54, 1.807) is 21.3 Å². The van der Waals surface area contributed by atoms with Crippen LogP contribution in [0, 0.1) is 5.92 Å². The van der Waals surface area contributed by atoms with E-state index in [9.17, 15) is 0 Å². The summed E-state index contributed by atoms with van der Waals surface area (Å²) in [5.74, 6) is 0.896. The minimum absolute atomic E-state index is 0.896. The highest BCUT2D eigenvalue weighted by atomic mass is 28.4. The minimum atomic E-state index is -2.35. The molecule has 1 atom stereocenters. The molecule has 5 heteroatoms. The number of likely N-dealkylation sites (tertiary alicyclic amines) is 1. The van der Waals surface area contributed by atoms with E-state index in [1.807, 2.05) is 0 Å². The Morgan fingerprint density at radius 3 is 2.39 bits per heavy atom. The van der Waals surface area contributed by atoms with Crippen LogP contribution in [0.4, 0.5) is 0 Å². The van der Waals surface area contributed by atoms with Crippen LogP contribution in [0.1, 0.15) is 32.6 Å². The Morgan fingerprint density at radius 2 is 1.83 bits per heavy atom. The Hall–Kier alpha value is 0.0569. The second kappa shape index (κ2) is 8.27. The van der Waals surface area contributed by atoms with Crippen molar-refractivity contribution in [3.8, 4) is 0 Å². The first kappa shape index (κ1) is 16.1. The highest BCUT2D eigenvalue weighted by Crippen LogP contribution is 2.21. The van der Waals surface area contributed by atoms with Crippen LogP contribution in [0.25, 0.3) is 0 Å². The molecule has 1 aliphatic heterocycles. The van der Waals surface area contributed by atoms with E-state index in [0.717, 1.165) is 24.9 Å². The summed E-state index contributed by atoms with van der Waals surface area (Å²) in [7, 11) is 2.71. The molecule has 0 saturated carbocycles. The van der Waals surface area contributed by atoms with Gasteiger partial charge in [-0.05, 0) is 38.3 Å². The third kappa shape index (κ3) is 4.62. The topological polar surface area (TPSA) is 30.9 Å². The maximum Gasteiger partial charge on any atom is 0.500 e. The normalized spacial score (nSPS) is 22.3. The van der Waals surface area contributed by atoms with E-state index in [0.29, 0.717) is 0 Å². The van der Waals surface area contributed by atoms with Crippen molar-refractivity contribution in [3.05, 3.63) is 0 Å². The van der Waals surface area contributed by atoms with Crippen molar-refractivity contribution in [1.82, 2.24) is 4.90 Å². The van der Waals surface area contributed by atoms with Crippen LogP contribution in [-0.2, 0) is 13.3 Å². The van der Waals surface area contributed by atoms with Gasteiger partial charge in [0.1, 0.15) is 0 Å². The first-order valence-corrected chi connectivity index (χ1v) is 9.00. The van der Waals surface area contributed by atoms with Crippen molar-refractivity contribution >= 4 is 8.80 Å². The van der Waals surface area contributed by atoms with Crippen LogP contribution >= 0.6 is 0 Å². The fourth-order valence-electron chi connectivity index (χ4n) is 2.76. The average Bonchev–Trinajstić information content (AvgIpc) is 2.44. The van der Waals surface area contributed by atoms with Crippen LogP contribution < -0.4 is 0 Å². The third-order valence-corrected chi connectivity index (χ3v) is 6.90. The molecule has 0 aromatic heterocycles. The zero-order chi connectivity index (χ0) is 13.4. The van der Waals surface area contributed by atoms with Gasteiger partial charge >= 0.3 is 8.80 Å². The number of hydrogen-bond donors (Lipinski definition) is 0. The van der Waals surface area contributed by atoms with Gasteiger partial charge in [-0.25, -0.2) is 0 Å². The largest absolute Gasteiger partial charge is 0.500 e. The van der Waals surface area contributed by atoms with Gasteiger partial charge in [0.25, 0.3) is 0 Å². The summed E-state index contributed by atoms with van der Waals surface area (Å²) in [4.78, 5) is 2.58. The minimum Gasteiger partial charge on any atom is -0.377 e. The molecule has 0 aliphatic carbocycles. The van der Waals surface area contributed by atoms with Crippen LogP contribution in [0.5, 0.6) is 0 Å². The molecule has 1 unspecified atom stereocenters. The number of hydrogen-bond acceptors (Lipinski definition) is 4. The first-order valence-electron chi connectivity index (χ1n) is 7.07. The van der Waals surface area contributed by atoms with Crippen molar-refractivity contribution in [1.29, 1.82) is 0 Å². The molecule has 0 radical (unpaired) electrons. The highest BCUT2D eigenvalue weighted by Gasteiger charge is 2.37. The Kier molecular flexibility index (Phi) is 7.40. The quantitative estimate of drug-likeness (QED) is 0.636. The lowest BCUT2D eigenvalue weighted by Gasteiger charge is -2.33. The molecule has 0 N–H and O–H groups in total. The molecule has 0 aromatic rings. The summed E-state index contributed by atoms with van der Waals surface area (Å²) in [6.07, 6.45) is 5.15. The van der Waals surface area contributed by atoms with Crippen molar-refractivity contribution in [3.63, 3.8) is 0 Å². The van der Waals surface area contributed by atoms with Crippen molar-refractivity contribution in [2.75, 3.05) is 41.0 Å². The molecular weight excluding hydrogens is 246 g/mol. The third-order valence-electron chi connectivity index (χ3n) is 4.07. The van der Waals surface area contributed by atoms with Gasteiger partial charge in [-0.3, -0.25) is 0 Å². The van der Waals surface area contributed by atoms with Gasteiger partial charge in [-0.1, -0.05) is 13.3 Å². The number of nitrogens with zero attached hydrogens (tertiary/aromatic N) is 1. The maximum absolute atomic E-state index is 5.44. The summed E-state index contributed by atoms with van der Waals surface area (Å²) >= 11 is 0. The molecule has 18 heavy (non-hydrogen) atoms. The van der Waals surface area contributed by atoms with Gasteiger partial charge in [-0.2, -0.15) is 0 Å². The molecule has 1 fully saturated rings. The second-order valence-electron chi connectivity index (χ2n) is 5.12. The van der Waals surface area contributed by atoms with Crippen LogP contribution in [0.3, 0.4) is 0 Å². The van der Waals surface area contributed by atoms with E-state index < -0.39 is 8.80 Å². The van der Waals surface area contributed by atoms with E-state index in [2.05, 4.69) is 11.8 Å². The average molecular weight is 275 g/mol. The van der Waals surface area contributed by atoms with Gasteiger partial charge in [0.05, 0.1) is 0 Å². The highest BCUT2D eigenvalue weighted by molar-refractivity contribution is 6.60. The lowest BCUT2D eigenvalue weighted by molar-refractivity contribution is 0.118. The Balaban J connectivity index is 2.28. The van der Waals surface area contributed by atoms with E-state index in [4.69, 9.17) is 13.3 Å². The summed E-state index contributed by atoms with van der Waals surface area (Å²) in [6.45, 7) is 5.95. The Morgan fingerprint density at radius 1 is 1.17 bits per heavy atom. The monoisotopic (exact) mass is 275 g/mol. The fraction of sp³-hybridized carbons (Fsp3) is 1.00. The first-order chi connectivity index (χ1) is 8.69. The van der Waals surface area contributed by atoms with Gasteiger partial charge in [0, 0.05) is 33.9 Å². The molecule has 1 rings (SSSR count). The molecular formula is C13H29NO3Si. The summed E-state index contributed by atoms with van der Waals surface area (Å²) < 4.78 is 16.3. The van der Waals surface area contributed by atoms with E-state index in [1.165, 1.54) is 32.4 Å². The number of piperidine rings is 1. The van der Waals surface area contributed by atoms with E-state index >= 15 is 0 Å². The smallest absolute Gasteiger partial charge is 0.377 e. The molecule has 1 saturated heterocycles. The Bertz CT molecular complexity index is 216.